The van der Waals surface area contributed by atoms with E-state index in [4.69, 9.17) is 15.2 Å². The van der Waals surface area contributed by atoms with E-state index in [1.165, 1.54) is 22.7 Å². The molecule has 0 radical (unpaired) electrons. The molecule has 0 aliphatic heterocycles. The molecular formula is C30H38N4S. The number of thiazole rings is 1. The smallest absolute Gasteiger partial charge is 0.121 e. The van der Waals surface area contributed by atoms with Gasteiger partial charge < -0.3 is 0 Å². The molecule has 0 bridgehead atoms. The highest BCUT2D eigenvalue weighted by Gasteiger charge is 2.21. The van der Waals surface area contributed by atoms with E-state index >= 15 is 0 Å². The Morgan fingerprint density at radius 1 is 0.886 bits per heavy atom. The summed E-state index contributed by atoms with van der Waals surface area (Å²) in [6.07, 6.45) is 4.42. The lowest BCUT2D eigenvalue weighted by Gasteiger charge is -2.23. The first-order valence-corrected chi connectivity index (χ1v) is 13.7. The maximum Gasteiger partial charge on any atom is 0.121 e. The van der Waals surface area contributed by atoms with Crippen LogP contribution in [0.15, 0.2) is 60.0 Å². The van der Waals surface area contributed by atoms with Crippen molar-refractivity contribution in [2.45, 2.75) is 79.2 Å². The van der Waals surface area contributed by atoms with Gasteiger partial charge in [-0.05, 0) is 56.6 Å². The molecule has 2 aromatic carbocycles. The van der Waals surface area contributed by atoms with Gasteiger partial charge in [0.05, 0.1) is 16.7 Å². The van der Waals surface area contributed by atoms with Crippen LogP contribution in [0.1, 0.15) is 82.6 Å². The molecule has 0 saturated heterocycles. The van der Waals surface area contributed by atoms with Crippen LogP contribution in [0.2, 0.25) is 0 Å². The van der Waals surface area contributed by atoms with Crippen LogP contribution in [-0.4, -0.2) is 20.0 Å². The fraction of sp³-hybridized carbons (Fsp3) is 0.433. The molecule has 2 aromatic heterocycles. The molecule has 0 fully saturated rings. The molecule has 0 saturated carbocycles. The van der Waals surface area contributed by atoms with Crippen LogP contribution in [-0.2, 0) is 12.8 Å². The molecule has 4 nitrogen and oxygen atoms in total. The number of nitrogens with zero attached hydrogens (tertiary/aromatic N) is 4. The van der Waals surface area contributed by atoms with E-state index in [2.05, 4.69) is 95.5 Å². The van der Waals surface area contributed by atoms with E-state index in [0.29, 0.717) is 5.92 Å². The minimum atomic E-state index is 0.214. The Bertz CT molecular complexity index is 1230. The van der Waals surface area contributed by atoms with Crippen molar-refractivity contribution in [2.24, 2.45) is 5.41 Å². The van der Waals surface area contributed by atoms with Crippen molar-refractivity contribution >= 4 is 11.3 Å². The molecule has 2 heterocycles. The number of benzene rings is 2. The van der Waals surface area contributed by atoms with Crippen LogP contribution in [0, 0.1) is 5.41 Å². The van der Waals surface area contributed by atoms with Crippen molar-refractivity contribution < 1.29 is 0 Å². The van der Waals surface area contributed by atoms with E-state index in [0.717, 1.165) is 41.8 Å². The van der Waals surface area contributed by atoms with Gasteiger partial charge in [0, 0.05) is 22.4 Å². The van der Waals surface area contributed by atoms with Gasteiger partial charge in [-0.2, -0.15) is 15.0 Å². The summed E-state index contributed by atoms with van der Waals surface area (Å²) < 4.78 is 0. The van der Waals surface area contributed by atoms with Crippen molar-refractivity contribution in [3.05, 3.63) is 76.2 Å². The van der Waals surface area contributed by atoms with Crippen LogP contribution in [0.3, 0.4) is 0 Å². The highest BCUT2D eigenvalue weighted by atomic mass is 32.1. The van der Waals surface area contributed by atoms with Gasteiger partial charge in [-0.1, -0.05) is 76.2 Å². The second kappa shape index (κ2) is 10.9. The fourth-order valence-corrected chi connectivity index (χ4v) is 5.27. The van der Waals surface area contributed by atoms with E-state index in [1.807, 2.05) is 10.9 Å². The number of hydrogen-bond donors (Lipinski definition) is 0. The standard InChI is InChI=1S/C30H38N4S/c1-21(2)29-31-26(20-35-29)19-30(5,6)17-11-13-23-12-10-16-25(18-23)28-27(24-14-8-7-9-15-24)32-34(33-28)22(3)4/h7-10,12,14-16,18,20-22H,11,13,17,19H2,1-6H3. The van der Waals surface area contributed by atoms with Gasteiger partial charge in [0.2, 0.25) is 0 Å². The van der Waals surface area contributed by atoms with Crippen LogP contribution < -0.4 is 0 Å². The van der Waals surface area contributed by atoms with Crippen LogP contribution in [0.5, 0.6) is 0 Å². The zero-order chi connectivity index (χ0) is 25.0. The van der Waals surface area contributed by atoms with E-state index in [9.17, 15) is 0 Å². The fourth-order valence-electron chi connectivity index (χ4n) is 4.43. The van der Waals surface area contributed by atoms with E-state index < -0.39 is 0 Å². The largest absolute Gasteiger partial charge is 0.246 e. The SMILES string of the molecule is CC(C)c1nc(CC(C)(C)CCCc2cccc(-c3nn(C(C)C)nc3-c3ccccc3)c2)cs1. The number of rotatable bonds is 10. The molecule has 4 aromatic rings. The van der Waals surface area contributed by atoms with Crippen LogP contribution in [0.4, 0.5) is 0 Å². The molecule has 0 spiro atoms. The maximum atomic E-state index is 4.88. The molecule has 0 unspecified atom stereocenters. The minimum absolute atomic E-state index is 0.214. The normalized spacial score (nSPS) is 12.1. The third kappa shape index (κ3) is 6.46. The summed E-state index contributed by atoms with van der Waals surface area (Å²) in [4.78, 5) is 6.69. The van der Waals surface area contributed by atoms with E-state index in [-0.39, 0.29) is 11.5 Å². The lowest BCUT2D eigenvalue weighted by atomic mass is 9.82. The maximum absolute atomic E-state index is 4.88. The summed E-state index contributed by atoms with van der Waals surface area (Å²) in [6, 6.07) is 19.4. The topological polar surface area (TPSA) is 43.6 Å². The van der Waals surface area contributed by atoms with Crippen LogP contribution >= 0.6 is 11.3 Å². The van der Waals surface area contributed by atoms with Crippen LogP contribution in [0.25, 0.3) is 22.5 Å². The van der Waals surface area contributed by atoms with Gasteiger partial charge in [0.1, 0.15) is 11.4 Å². The monoisotopic (exact) mass is 486 g/mol. The summed E-state index contributed by atoms with van der Waals surface area (Å²) in [5.74, 6) is 0.508. The second-order valence-electron chi connectivity index (χ2n) is 10.9. The Balaban J connectivity index is 1.46. The van der Waals surface area contributed by atoms with Gasteiger partial charge in [0.15, 0.2) is 0 Å². The highest BCUT2D eigenvalue weighted by Crippen LogP contribution is 2.32. The Labute approximate surface area is 214 Å². The van der Waals surface area contributed by atoms with Gasteiger partial charge in [-0.25, -0.2) is 4.98 Å². The van der Waals surface area contributed by atoms with Crippen molar-refractivity contribution in [1.82, 2.24) is 20.0 Å². The zero-order valence-corrected chi connectivity index (χ0v) is 22.8. The molecule has 5 heteroatoms. The minimum Gasteiger partial charge on any atom is -0.246 e. The Morgan fingerprint density at radius 2 is 1.57 bits per heavy atom. The molecule has 0 N–H and O–H groups in total. The predicted molar refractivity (Wildman–Crippen MR) is 148 cm³/mol. The first kappa shape index (κ1) is 25.3. The van der Waals surface area contributed by atoms with Crippen molar-refractivity contribution in [2.75, 3.05) is 0 Å². The summed E-state index contributed by atoms with van der Waals surface area (Å²) in [5, 5.41) is 13.2. The van der Waals surface area contributed by atoms with Crippen molar-refractivity contribution in [1.29, 1.82) is 0 Å². The second-order valence-corrected chi connectivity index (χ2v) is 11.8. The molecule has 35 heavy (non-hydrogen) atoms. The number of aryl methyl sites for hydroxylation is 1. The molecule has 0 aliphatic rings. The lowest BCUT2D eigenvalue weighted by molar-refractivity contribution is 0.320. The van der Waals surface area contributed by atoms with Gasteiger partial charge in [0.25, 0.3) is 0 Å². The van der Waals surface area contributed by atoms with E-state index in [1.54, 1.807) is 11.3 Å². The van der Waals surface area contributed by atoms with Gasteiger partial charge >= 0.3 is 0 Å². The first-order valence-electron chi connectivity index (χ1n) is 12.8. The third-order valence-corrected chi connectivity index (χ3v) is 7.57. The van der Waals surface area contributed by atoms with Gasteiger partial charge in [-0.3, -0.25) is 0 Å². The quantitative estimate of drug-likeness (QED) is 0.226. The van der Waals surface area contributed by atoms with Crippen molar-refractivity contribution in [3.8, 4) is 22.5 Å². The summed E-state index contributed by atoms with van der Waals surface area (Å²) in [6.45, 7) is 13.4. The molecular weight excluding hydrogens is 448 g/mol. The first-order chi connectivity index (χ1) is 16.7. The summed E-state index contributed by atoms with van der Waals surface area (Å²) >= 11 is 1.80. The number of aromatic nitrogens is 4. The average Bonchev–Trinajstić information content (AvgIpc) is 3.47. The summed E-state index contributed by atoms with van der Waals surface area (Å²) in [7, 11) is 0. The Morgan fingerprint density at radius 3 is 2.23 bits per heavy atom. The molecule has 0 amide bonds. The Hall–Kier alpha value is -2.79. The highest BCUT2D eigenvalue weighted by molar-refractivity contribution is 7.09. The predicted octanol–water partition coefficient (Wildman–Crippen LogP) is 8.36. The third-order valence-electron chi connectivity index (χ3n) is 6.38. The van der Waals surface area contributed by atoms with Crippen molar-refractivity contribution in [3.63, 3.8) is 0 Å². The lowest BCUT2D eigenvalue weighted by Crippen LogP contribution is -2.15. The summed E-state index contributed by atoms with van der Waals surface area (Å²) in [5.41, 5.74) is 6.97. The Kier molecular flexibility index (Phi) is 7.85. The molecule has 4 rings (SSSR count). The van der Waals surface area contributed by atoms with Gasteiger partial charge in [-0.15, -0.1) is 11.3 Å². The molecule has 184 valence electrons. The number of hydrogen-bond acceptors (Lipinski definition) is 4. The average molecular weight is 487 g/mol. The molecule has 0 atom stereocenters. The molecule has 0 aliphatic carbocycles. The zero-order valence-electron chi connectivity index (χ0n) is 22.0.